The number of benzene rings is 1. The molecule has 1 saturated heterocycles. The van der Waals surface area contributed by atoms with E-state index in [0.717, 1.165) is 10.4 Å². The molecule has 1 aliphatic heterocycles. The van der Waals surface area contributed by atoms with Gasteiger partial charge in [0.2, 0.25) is 0 Å². The van der Waals surface area contributed by atoms with Crippen LogP contribution in [-0.4, -0.2) is 73.1 Å². The van der Waals surface area contributed by atoms with Crippen molar-refractivity contribution < 1.29 is 28.3 Å². The molecule has 1 aromatic carbocycles. The van der Waals surface area contributed by atoms with E-state index in [-0.39, 0.29) is 18.3 Å². The van der Waals surface area contributed by atoms with Crippen molar-refractivity contribution in [2.45, 2.75) is 102 Å². The Bertz CT molecular complexity index is 1110. The molecule has 0 aliphatic carbocycles. The molecule has 9 nitrogen and oxygen atoms in total. The lowest BCUT2D eigenvalue weighted by atomic mass is 10.1. The zero-order valence-electron chi connectivity index (χ0n) is 26.3. The summed E-state index contributed by atoms with van der Waals surface area (Å²) >= 11 is 11.9. The van der Waals surface area contributed by atoms with E-state index in [0.29, 0.717) is 19.4 Å². The van der Waals surface area contributed by atoms with Crippen LogP contribution in [0.5, 0.6) is 0 Å². The van der Waals surface area contributed by atoms with Crippen LogP contribution in [0.1, 0.15) is 75.2 Å². The second-order valence-corrected chi connectivity index (χ2v) is 19.1. The molecule has 3 unspecified atom stereocenters. The average Bonchev–Trinajstić information content (AvgIpc) is 2.89. The van der Waals surface area contributed by atoms with Crippen LogP contribution < -0.4 is 15.9 Å². The molecule has 42 heavy (non-hydrogen) atoms. The lowest BCUT2D eigenvalue weighted by molar-refractivity contribution is -0.153. The zero-order valence-corrected chi connectivity index (χ0v) is 28.8. The third-order valence-electron chi connectivity index (χ3n) is 6.89. The van der Waals surface area contributed by atoms with Crippen LogP contribution in [0.3, 0.4) is 0 Å². The highest BCUT2D eigenvalue weighted by Crippen LogP contribution is 2.41. The van der Waals surface area contributed by atoms with E-state index in [9.17, 15) is 14.4 Å². The van der Waals surface area contributed by atoms with Gasteiger partial charge in [-0.15, -0.1) is 0 Å². The molecule has 2 N–H and O–H groups in total. The monoisotopic (exact) mass is 643 g/mol. The van der Waals surface area contributed by atoms with Gasteiger partial charge >= 0.3 is 12.1 Å². The number of carbonyl (C=O) groups is 3. The van der Waals surface area contributed by atoms with Gasteiger partial charge in [-0.1, -0.05) is 85.6 Å². The minimum Gasteiger partial charge on any atom is -0.461 e. The molecule has 1 aliphatic rings. The number of carbonyl (C=O) groups excluding carboxylic acids is 3. The highest BCUT2D eigenvalue weighted by molar-refractivity contribution is 6.94. The second-order valence-electron chi connectivity index (χ2n) is 12.8. The number of halogens is 2. The fourth-order valence-electron chi connectivity index (χ4n) is 4.98. The molecule has 0 spiro atoms. The molecule has 0 saturated carbocycles. The lowest BCUT2D eigenvalue weighted by Crippen LogP contribution is -2.64. The molecule has 2 rings (SSSR count). The Kier molecular flexibility index (Phi) is 12.5. The van der Waals surface area contributed by atoms with Gasteiger partial charge in [0, 0.05) is 6.54 Å². The van der Waals surface area contributed by atoms with Gasteiger partial charge in [-0.05, 0) is 64.6 Å². The van der Waals surface area contributed by atoms with Crippen molar-refractivity contribution in [2.75, 3.05) is 19.8 Å². The number of alkyl halides is 2. The van der Waals surface area contributed by atoms with Gasteiger partial charge in [-0.25, -0.2) is 10.2 Å². The Labute approximate surface area is 261 Å². The number of allylic oxidation sites excluding steroid dienone is 2. The molecule has 1 fully saturated rings. The summed E-state index contributed by atoms with van der Waals surface area (Å²) < 4.78 is 16.4. The summed E-state index contributed by atoms with van der Waals surface area (Å²) in [6, 6.07) is 8.14. The number of alkyl carbamates (subject to hydrolysis) is 1. The Morgan fingerprint density at radius 1 is 1.12 bits per heavy atom. The van der Waals surface area contributed by atoms with Gasteiger partial charge in [0.25, 0.3) is 14.2 Å². The number of hydrogen-bond donors (Lipinski definition) is 2. The van der Waals surface area contributed by atoms with Gasteiger partial charge in [0.05, 0.1) is 6.61 Å². The van der Waals surface area contributed by atoms with E-state index >= 15 is 0 Å². The number of hydrazine groups is 1. The Morgan fingerprint density at radius 3 is 2.26 bits per heavy atom. The topological polar surface area (TPSA) is 106 Å². The molecule has 1 aromatic rings. The molecule has 0 bridgehead atoms. The largest absolute Gasteiger partial charge is 0.461 e. The van der Waals surface area contributed by atoms with E-state index in [4.69, 9.17) is 37.1 Å². The van der Waals surface area contributed by atoms with Crippen LogP contribution in [0, 0.1) is 0 Å². The Balaban J connectivity index is 2.39. The highest BCUT2D eigenvalue weighted by Gasteiger charge is 2.50. The maximum atomic E-state index is 13.9. The summed E-state index contributed by atoms with van der Waals surface area (Å²) in [7, 11) is -2.91. The van der Waals surface area contributed by atoms with Gasteiger partial charge in [0.1, 0.15) is 28.6 Å². The number of ether oxygens (including phenoxy) is 2. The molecular weight excluding hydrogens is 597 g/mol. The van der Waals surface area contributed by atoms with E-state index in [1.165, 1.54) is 11.9 Å². The van der Waals surface area contributed by atoms with Gasteiger partial charge in [-0.2, -0.15) is 0 Å². The third-order valence-corrected chi connectivity index (χ3v) is 12.4. The maximum absolute atomic E-state index is 13.9. The summed E-state index contributed by atoms with van der Waals surface area (Å²) in [5.41, 5.74) is 2.19. The van der Waals surface area contributed by atoms with Crippen LogP contribution in [0.2, 0.25) is 5.04 Å². The quantitative estimate of drug-likeness (QED) is 0.203. The Hall–Kier alpha value is -2.11. The van der Waals surface area contributed by atoms with Crippen molar-refractivity contribution in [1.29, 1.82) is 0 Å². The molecule has 1 heterocycles. The molecule has 0 aromatic heterocycles. The Morgan fingerprint density at radius 2 is 1.74 bits per heavy atom. The predicted octanol–water partition coefficient (Wildman–Crippen LogP) is 5.29. The van der Waals surface area contributed by atoms with Crippen molar-refractivity contribution in [2.24, 2.45) is 0 Å². The lowest BCUT2D eigenvalue weighted by Gasteiger charge is -2.44. The first-order valence-corrected chi connectivity index (χ1v) is 16.9. The van der Waals surface area contributed by atoms with E-state index in [2.05, 4.69) is 56.6 Å². The minimum absolute atomic E-state index is 0.105. The normalized spacial score (nSPS) is 19.0. The van der Waals surface area contributed by atoms with Crippen molar-refractivity contribution in [1.82, 2.24) is 15.8 Å². The fraction of sp³-hybridized carbons (Fsp3) is 0.633. The molecule has 3 atom stereocenters. The number of nitrogens with one attached hydrogen (secondary N) is 2. The fourth-order valence-corrected chi connectivity index (χ4v) is 9.90. The molecule has 2 amide bonds. The third kappa shape index (κ3) is 9.98. The van der Waals surface area contributed by atoms with Crippen LogP contribution in [-0.2, 0) is 23.5 Å². The van der Waals surface area contributed by atoms with E-state index in [1.54, 1.807) is 20.8 Å². The van der Waals surface area contributed by atoms with Crippen LogP contribution >= 0.6 is 23.2 Å². The van der Waals surface area contributed by atoms with Gasteiger partial charge < -0.3 is 19.2 Å². The smallest absolute Gasteiger partial charge is 0.408 e. The molecule has 12 heteroatoms. The van der Waals surface area contributed by atoms with Crippen molar-refractivity contribution >= 4 is 54.7 Å². The summed E-state index contributed by atoms with van der Waals surface area (Å²) in [6.07, 6.45) is 2.31. The molecule has 236 valence electrons. The highest BCUT2D eigenvalue weighted by atomic mass is 35.5. The summed E-state index contributed by atoms with van der Waals surface area (Å²) in [4.78, 5) is 39.6. The SMILES string of the molecule is CC=C(C)[Si](OCC(NC(=O)OC(C)(C)C)C(=O)N1CCCC(C(=O)OCC(C)(Cl)Cl)N1)(c1ccccc1)C(C)(C)C. The summed E-state index contributed by atoms with van der Waals surface area (Å²) in [6.45, 7) is 17.2. The van der Waals surface area contributed by atoms with Gasteiger partial charge in [0.15, 0.2) is 0 Å². The first-order valence-electron chi connectivity index (χ1n) is 14.2. The summed E-state index contributed by atoms with van der Waals surface area (Å²) in [5.74, 6) is -1.03. The minimum atomic E-state index is -2.91. The number of nitrogens with zero attached hydrogens (tertiary/aromatic N) is 1. The van der Waals surface area contributed by atoms with Crippen molar-refractivity contribution in [3.05, 3.63) is 41.6 Å². The average molecular weight is 645 g/mol. The van der Waals surface area contributed by atoms with Crippen LogP contribution in [0.25, 0.3) is 0 Å². The van der Waals surface area contributed by atoms with Crippen LogP contribution in [0.4, 0.5) is 4.79 Å². The standard InChI is InChI=1S/C30H47Cl2N3O6Si/c1-10-21(2)42(29(6,7)8,22-15-12-11-13-16-22)40-19-24(33-27(38)41-28(3,4)5)25(36)35-18-14-17-23(34-35)26(37)39-20-30(9,31)32/h10-13,15-16,23-24,34H,14,17-20H2,1-9H3,(H,33,38). The van der Waals surface area contributed by atoms with Crippen molar-refractivity contribution in [3.63, 3.8) is 0 Å². The molecule has 0 radical (unpaired) electrons. The van der Waals surface area contributed by atoms with E-state index < -0.39 is 48.3 Å². The zero-order chi connectivity index (χ0) is 31.9. The number of esters is 1. The number of rotatable bonds is 10. The molecular formula is C30H47Cl2N3O6Si. The van der Waals surface area contributed by atoms with E-state index in [1.807, 2.05) is 25.1 Å². The number of amides is 2. The second kappa shape index (κ2) is 14.6. The number of hydrogen-bond acceptors (Lipinski definition) is 7. The predicted molar refractivity (Wildman–Crippen MR) is 169 cm³/mol. The first-order chi connectivity index (χ1) is 19.3. The maximum Gasteiger partial charge on any atom is 0.408 e. The summed E-state index contributed by atoms with van der Waals surface area (Å²) in [5, 5.41) is 5.91. The first kappa shape index (κ1) is 36.1. The van der Waals surface area contributed by atoms with Crippen molar-refractivity contribution in [3.8, 4) is 0 Å². The van der Waals surface area contributed by atoms with Gasteiger partial charge in [-0.3, -0.25) is 14.6 Å². The van der Waals surface area contributed by atoms with Crippen LogP contribution in [0.15, 0.2) is 41.6 Å².